The molecule has 1 fully saturated rings. The zero-order valence-electron chi connectivity index (χ0n) is 20.1. The molecule has 2 aromatic rings. The SMILES string of the molecule is CCOC(=O)CCCCCCN1C(=O)CCC1=CCC(=O)c1cccc(Cc2ccccc2)c1. The van der Waals surface area contributed by atoms with E-state index >= 15 is 0 Å². The summed E-state index contributed by atoms with van der Waals surface area (Å²) >= 11 is 0. The Bertz CT molecular complexity index is 996. The van der Waals surface area contributed by atoms with E-state index in [-0.39, 0.29) is 17.7 Å². The minimum Gasteiger partial charge on any atom is -0.466 e. The molecule has 0 atom stereocenters. The quantitative estimate of drug-likeness (QED) is 0.213. The molecule has 34 heavy (non-hydrogen) atoms. The molecule has 2 aromatic carbocycles. The average molecular weight is 462 g/mol. The summed E-state index contributed by atoms with van der Waals surface area (Å²) in [4.78, 5) is 38.4. The fourth-order valence-corrected chi connectivity index (χ4v) is 4.29. The standard InChI is InChI=1S/C29H35NO4/c1-2-34-29(33)15-8-3-4-9-20-30-26(17-19-28(30)32)16-18-27(31)25-14-10-13-24(22-25)21-23-11-6-5-7-12-23/h5-7,10-14,16,22H,2-4,8-9,15,17-21H2,1H3. The van der Waals surface area contributed by atoms with Crippen molar-refractivity contribution in [2.24, 2.45) is 0 Å². The summed E-state index contributed by atoms with van der Waals surface area (Å²) < 4.78 is 4.94. The van der Waals surface area contributed by atoms with Crippen molar-refractivity contribution in [3.63, 3.8) is 0 Å². The molecule has 1 saturated heterocycles. The molecule has 1 heterocycles. The molecule has 0 spiro atoms. The number of Topliss-reactive ketones (excluding diaryl/α,β-unsaturated/α-hetero) is 1. The Morgan fingerprint density at radius 2 is 1.71 bits per heavy atom. The fraction of sp³-hybridized carbons (Fsp3) is 0.414. The maximum absolute atomic E-state index is 12.8. The number of amides is 1. The van der Waals surface area contributed by atoms with Crippen LogP contribution in [0.1, 0.15) is 79.8 Å². The van der Waals surface area contributed by atoms with Crippen LogP contribution < -0.4 is 0 Å². The molecule has 0 aromatic heterocycles. The van der Waals surface area contributed by atoms with Gasteiger partial charge < -0.3 is 9.64 Å². The van der Waals surface area contributed by atoms with Crippen molar-refractivity contribution in [1.29, 1.82) is 0 Å². The van der Waals surface area contributed by atoms with Gasteiger partial charge in [-0.05, 0) is 49.8 Å². The Kier molecular flexibility index (Phi) is 10.1. The van der Waals surface area contributed by atoms with Crippen LogP contribution in [0.25, 0.3) is 0 Å². The van der Waals surface area contributed by atoms with Gasteiger partial charge in [-0.3, -0.25) is 14.4 Å². The van der Waals surface area contributed by atoms with E-state index < -0.39 is 0 Å². The van der Waals surface area contributed by atoms with Crippen LogP contribution in [0.4, 0.5) is 0 Å². The lowest BCUT2D eigenvalue weighted by molar-refractivity contribution is -0.143. The average Bonchev–Trinajstić information content (AvgIpc) is 3.20. The molecule has 180 valence electrons. The highest BCUT2D eigenvalue weighted by atomic mass is 16.5. The summed E-state index contributed by atoms with van der Waals surface area (Å²) in [6, 6.07) is 18.0. The molecule has 0 bridgehead atoms. The van der Waals surface area contributed by atoms with Gasteiger partial charge in [0.05, 0.1) is 6.61 Å². The zero-order chi connectivity index (χ0) is 24.2. The van der Waals surface area contributed by atoms with Gasteiger partial charge >= 0.3 is 5.97 Å². The van der Waals surface area contributed by atoms with Gasteiger partial charge in [0, 0.05) is 37.1 Å². The molecule has 1 amide bonds. The van der Waals surface area contributed by atoms with Gasteiger partial charge in [-0.25, -0.2) is 0 Å². The second kappa shape index (κ2) is 13.5. The van der Waals surface area contributed by atoms with Crippen molar-refractivity contribution in [3.8, 4) is 0 Å². The summed E-state index contributed by atoms with van der Waals surface area (Å²) in [6.45, 7) is 2.91. The van der Waals surface area contributed by atoms with Crippen LogP contribution in [0.3, 0.4) is 0 Å². The number of carbonyl (C=O) groups excluding carboxylic acids is 3. The minimum absolute atomic E-state index is 0.0701. The second-order valence-electron chi connectivity index (χ2n) is 8.70. The van der Waals surface area contributed by atoms with E-state index in [0.29, 0.717) is 44.4 Å². The van der Waals surface area contributed by atoms with Crippen LogP contribution in [0, 0.1) is 0 Å². The number of hydrogen-bond donors (Lipinski definition) is 0. The third kappa shape index (κ3) is 7.98. The van der Waals surface area contributed by atoms with Crippen LogP contribution in [0.15, 0.2) is 66.4 Å². The van der Waals surface area contributed by atoms with E-state index in [0.717, 1.165) is 43.4 Å². The lowest BCUT2D eigenvalue weighted by atomic mass is 10.00. The first-order chi connectivity index (χ1) is 16.6. The summed E-state index contributed by atoms with van der Waals surface area (Å²) in [6.07, 6.45) is 8.29. The van der Waals surface area contributed by atoms with Crippen LogP contribution in [-0.4, -0.2) is 35.7 Å². The fourth-order valence-electron chi connectivity index (χ4n) is 4.29. The summed E-state index contributed by atoms with van der Waals surface area (Å²) in [5, 5.41) is 0. The molecule has 0 saturated carbocycles. The van der Waals surface area contributed by atoms with Gasteiger partial charge in [0.1, 0.15) is 0 Å². The second-order valence-corrected chi connectivity index (χ2v) is 8.70. The minimum atomic E-state index is -0.141. The molecule has 0 N–H and O–H groups in total. The Labute approximate surface area is 202 Å². The third-order valence-electron chi connectivity index (χ3n) is 6.08. The Morgan fingerprint density at radius 1 is 0.941 bits per heavy atom. The molecule has 0 radical (unpaired) electrons. The van der Waals surface area contributed by atoms with Gasteiger partial charge in [-0.15, -0.1) is 0 Å². The van der Waals surface area contributed by atoms with Gasteiger partial charge in [-0.1, -0.05) is 67.4 Å². The number of ether oxygens (including phenoxy) is 1. The van der Waals surface area contributed by atoms with Gasteiger partial charge in [-0.2, -0.15) is 0 Å². The van der Waals surface area contributed by atoms with Gasteiger partial charge in [0.25, 0.3) is 0 Å². The number of likely N-dealkylation sites (tertiary alicyclic amines) is 1. The smallest absolute Gasteiger partial charge is 0.305 e. The van der Waals surface area contributed by atoms with E-state index in [9.17, 15) is 14.4 Å². The lowest BCUT2D eigenvalue weighted by Gasteiger charge is -2.18. The van der Waals surface area contributed by atoms with E-state index in [1.165, 1.54) is 5.56 Å². The maximum Gasteiger partial charge on any atom is 0.305 e. The number of ketones is 1. The third-order valence-corrected chi connectivity index (χ3v) is 6.08. The Balaban J connectivity index is 1.48. The molecule has 3 rings (SSSR count). The van der Waals surface area contributed by atoms with E-state index in [1.807, 2.05) is 60.4 Å². The molecular weight excluding hydrogens is 426 g/mol. The molecular formula is C29H35NO4. The number of unbranched alkanes of at least 4 members (excludes halogenated alkanes) is 3. The number of allylic oxidation sites excluding steroid dienone is 2. The summed E-state index contributed by atoms with van der Waals surface area (Å²) in [5.74, 6) is 0.0634. The van der Waals surface area contributed by atoms with Crippen molar-refractivity contribution < 1.29 is 19.1 Å². The van der Waals surface area contributed by atoms with Crippen LogP contribution in [0.2, 0.25) is 0 Å². The topological polar surface area (TPSA) is 63.7 Å². The molecule has 5 heteroatoms. The number of carbonyl (C=O) groups is 3. The van der Waals surface area contributed by atoms with Crippen molar-refractivity contribution in [2.75, 3.05) is 13.2 Å². The van der Waals surface area contributed by atoms with Crippen LogP contribution in [-0.2, 0) is 20.7 Å². The van der Waals surface area contributed by atoms with E-state index in [2.05, 4.69) is 12.1 Å². The first-order valence-electron chi connectivity index (χ1n) is 12.4. The van der Waals surface area contributed by atoms with Crippen LogP contribution in [0.5, 0.6) is 0 Å². The van der Waals surface area contributed by atoms with E-state index in [1.54, 1.807) is 0 Å². The van der Waals surface area contributed by atoms with Crippen LogP contribution >= 0.6 is 0 Å². The highest BCUT2D eigenvalue weighted by molar-refractivity contribution is 5.97. The number of esters is 1. The van der Waals surface area contributed by atoms with Crippen molar-refractivity contribution >= 4 is 17.7 Å². The van der Waals surface area contributed by atoms with Crippen molar-refractivity contribution in [1.82, 2.24) is 4.90 Å². The van der Waals surface area contributed by atoms with Gasteiger partial charge in [0.15, 0.2) is 5.78 Å². The zero-order valence-corrected chi connectivity index (χ0v) is 20.1. The van der Waals surface area contributed by atoms with Gasteiger partial charge in [0.2, 0.25) is 5.91 Å². The number of hydrogen-bond acceptors (Lipinski definition) is 4. The largest absolute Gasteiger partial charge is 0.466 e. The molecule has 1 aliphatic heterocycles. The monoisotopic (exact) mass is 461 g/mol. The highest BCUT2D eigenvalue weighted by Gasteiger charge is 2.25. The number of nitrogens with zero attached hydrogens (tertiary/aromatic N) is 1. The predicted octanol–water partition coefficient (Wildman–Crippen LogP) is 5.87. The highest BCUT2D eigenvalue weighted by Crippen LogP contribution is 2.24. The molecule has 0 unspecified atom stereocenters. The molecule has 5 nitrogen and oxygen atoms in total. The first kappa shape index (κ1) is 25.4. The lowest BCUT2D eigenvalue weighted by Crippen LogP contribution is -2.24. The number of rotatable bonds is 13. The Morgan fingerprint density at radius 3 is 2.50 bits per heavy atom. The van der Waals surface area contributed by atoms with E-state index in [4.69, 9.17) is 4.74 Å². The Hall–Kier alpha value is -3.21. The molecule has 1 aliphatic rings. The number of benzene rings is 2. The summed E-state index contributed by atoms with van der Waals surface area (Å²) in [7, 11) is 0. The van der Waals surface area contributed by atoms with Crippen molar-refractivity contribution in [3.05, 3.63) is 83.1 Å². The summed E-state index contributed by atoms with van der Waals surface area (Å²) in [5.41, 5.74) is 4.01. The predicted molar refractivity (Wildman–Crippen MR) is 133 cm³/mol. The first-order valence-corrected chi connectivity index (χ1v) is 12.4. The maximum atomic E-state index is 12.8. The normalized spacial score (nSPS) is 14.6. The van der Waals surface area contributed by atoms with Crippen molar-refractivity contribution in [2.45, 2.75) is 64.7 Å². The molecule has 0 aliphatic carbocycles.